The van der Waals surface area contributed by atoms with Crippen molar-refractivity contribution >= 4 is 31.9 Å². The molecule has 6 nitrogen and oxygen atoms in total. The van der Waals surface area contributed by atoms with Crippen LogP contribution >= 0.6 is 15.9 Å². The second-order valence-electron chi connectivity index (χ2n) is 4.91. The maximum Gasteiger partial charge on any atom is 0.324 e. The Hall–Kier alpha value is -0.960. The number of benzene rings is 1. The van der Waals surface area contributed by atoms with Crippen LogP contribution in [0.3, 0.4) is 0 Å². The fraction of sp³-hybridized carbons (Fsp3) is 0.462. The van der Waals surface area contributed by atoms with Gasteiger partial charge < -0.3 is 9.84 Å². The lowest BCUT2D eigenvalue weighted by Crippen LogP contribution is -2.41. The van der Waals surface area contributed by atoms with Crippen molar-refractivity contribution in [2.45, 2.75) is 30.4 Å². The summed E-state index contributed by atoms with van der Waals surface area (Å²) in [5.41, 5.74) is 0.769. The molecule has 8 heteroatoms. The second kappa shape index (κ2) is 6.04. The Morgan fingerprint density at radius 3 is 2.71 bits per heavy atom. The van der Waals surface area contributed by atoms with Gasteiger partial charge in [0, 0.05) is 17.4 Å². The van der Waals surface area contributed by atoms with E-state index >= 15 is 0 Å². The molecule has 116 valence electrons. The average Bonchev–Trinajstić information content (AvgIpc) is 2.83. The highest BCUT2D eigenvalue weighted by molar-refractivity contribution is 9.10. The first-order chi connectivity index (χ1) is 9.77. The zero-order chi connectivity index (χ0) is 15.8. The van der Waals surface area contributed by atoms with E-state index in [1.165, 1.54) is 19.2 Å². The number of esters is 1. The van der Waals surface area contributed by atoms with Gasteiger partial charge in [0.05, 0.1) is 18.1 Å². The number of aliphatic hydroxyl groups excluding tert-OH is 1. The van der Waals surface area contributed by atoms with E-state index in [0.717, 1.165) is 14.3 Å². The van der Waals surface area contributed by atoms with Crippen LogP contribution in [-0.4, -0.2) is 49.6 Å². The minimum Gasteiger partial charge on any atom is -0.468 e. The first-order valence-electron chi connectivity index (χ1n) is 6.31. The normalized spacial score (nSPS) is 23.2. The molecule has 1 aliphatic heterocycles. The lowest BCUT2D eigenvalue weighted by molar-refractivity contribution is -0.144. The van der Waals surface area contributed by atoms with Crippen molar-refractivity contribution in [2.75, 3.05) is 13.7 Å². The van der Waals surface area contributed by atoms with E-state index in [0.29, 0.717) is 0 Å². The molecule has 0 aromatic heterocycles. The minimum atomic E-state index is -3.86. The zero-order valence-electron chi connectivity index (χ0n) is 11.6. The Morgan fingerprint density at radius 2 is 2.14 bits per heavy atom. The highest BCUT2D eigenvalue weighted by Crippen LogP contribution is 2.29. The van der Waals surface area contributed by atoms with Crippen LogP contribution in [0.15, 0.2) is 27.6 Å². The summed E-state index contributed by atoms with van der Waals surface area (Å²) in [7, 11) is -2.67. The molecule has 1 heterocycles. The van der Waals surface area contributed by atoms with Crippen LogP contribution in [0.1, 0.15) is 12.0 Å². The first kappa shape index (κ1) is 16.4. The number of nitrogens with zero attached hydrogens (tertiary/aromatic N) is 1. The minimum absolute atomic E-state index is 0.0431. The fourth-order valence-electron chi connectivity index (χ4n) is 2.31. The lowest BCUT2D eigenvalue weighted by atomic mass is 10.2. The first-order valence-corrected chi connectivity index (χ1v) is 8.54. The maximum atomic E-state index is 12.7. The standard InChI is InChI=1S/C13H16BrNO5S/c1-8-5-10(3-4-11(8)14)21(18,19)15-7-9(16)6-12(15)13(17)20-2/h3-5,9,12,16H,6-7H2,1-2H3. The fourth-order valence-corrected chi connectivity index (χ4v) is 4.27. The average molecular weight is 378 g/mol. The molecule has 0 spiro atoms. The van der Waals surface area contributed by atoms with E-state index in [-0.39, 0.29) is 17.9 Å². The molecular formula is C13H16BrNO5S. The van der Waals surface area contributed by atoms with Gasteiger partial charge in [-0.05, 0) is 30.7 Å². The number of halogens is 1. The summed E-state index contributed by atoms with van der Waals surface area (Å²) in [4.78, 5) is 11.8. The maximum absolute atomic E-state index is 12.7. The quantitative estimate of drug-likeness (QED) is 0.796. The van der Waals surface area contributed by atoms with Crippen molar-refractivity contribution in [3.05, 3.63) is 28.2 Å². The van der Waals surface area contributed by atoms with Gasteiger partial charge in [0.1, 0.15) is 6.04 Å². The number of rotatable bonds is 3. The van der Waals surface area contributed by atoms with Gasteiger partial charge in [-0.1, -0.05) is 15.9 Å². The van der Waals surface area contributed by atoms with Gasteiger partial charge in [-0.15, -0.1) is 0 Å². The second-order valence-corrected chi connectivity index (χ2v) is 7.66. The van der Waals surface area contributed by atoms with Crippen LogP contribution in [0.2, 0.25) is 0 Å². The molecule has 1 aromatic carbocycles. The highest BCUT2D eigenvalue weighted by Gasteiger charge is 2.44. The van der Waals surface area contributed by atoms with E-state index in [1.807, 2.05) is 0 Å². The molecule has 0 radical (unpaired) electrons. The molecule has 2 rings (SSSR count). The third-order valence-electron chi connectivity index (χ3n) is 3.44. The van der Waals surface area contributed by atoms with Crippen molar-refractivity contribution < 1.29 is 23.1 Å². The molecule has 1 saturated heterocycles. The van der Waals surface area contributed by atoms with E-state index < -0.39 is 28.1 Å². The summed E-state index contributed by atoms with van der Waals surface area (Å²) in [5, 5.41) is 9.70. The van der Waals surface area contributed by atoms with Gasteiger partial charge >= 0.3 is 5.97 Å². The van der Waals surface area contributed by atoms with E-state index in [4.69, 9.17) is 0 Å². The molecule has 1 aromatic rings. The Labute approximate surface area is 131 Å². The lowest BCUT2D eigenvalue weighted by Gasteiger charge is -2.22. The molecule has 2 atom stereocenters. The number of β-amino-alcohol motifs (C(OH)–C–C–N with tert-alkyl or cyclic N) is 1. The van der Waals surface area contributed by atoms with Crippen molar-refractivity contribution in [3.8, 4) is 0 Å². The Kier molecular flexibility index (Phi) is 4.72. The number of hydrogen-bond donors (Lipinski definition) is 1. The summed E-state index contributed by atoms with van der Waals surface area (Å²) in [6, 6.07) is 3.64. The van der Waals surface area contributed by atoms with Crippen LogP contribution in [0.25, 0.3) is 0 Å². The Morgan fingerprint density at radius 1 is 1.48 bits per heavy atom. The molecule has 0 bridgehead atoms. The molecule has 21 heavy (non-hydrogen) atoms. The van der Waals surface area contributed by atoms with Crippen molar-refractivity contribution in [2.24, 2.45) is 0 Å². The van der Waals surface area contributed by atoms with Crippen LogP contribution < -0.4 is 0 Å². The highest BCUT2D eigenvalue weighted by atomic mass is 79.9. The van der Waals surface area contributed by atoms with Gasteiger partial charge in [0.2, 0.25) is 10.0 Å². The number of aliphatic hydroxyl groups is 1. The van der Waals surface area contributed by atoms with Gasteiger partial charge in [-0.25, -0.2) is 8.42 Å². The van der Waals surface area contributed by atoms with Crippen LogP contribution in [-0.2, 0) is 19.6 Å². The predicted octanol–water partition coefficient (Wildman–Crippen LogP) is 1.05. The summed E-state index contributed by atoms with van der Waals surface area (Å²) in [5.74, 6) is -0.663. The number of carbonyl (C=O) groups excluding carboxylic acids is 1. The largest absolute Gasteiger partial charge is 0.468 e. The van der Waals surface area contributed by atoms with Crippen molar-refractivity contribution in [1.29, 1.82) is 0 Å². The number of ether oxygens (including phenoxy) is 1. The molecule has 0 aliphatic carbocycles. The van der Waals surface area contributed by atoms with Crippen LogP contribution in [0, 0.1) is 6.92 Å². The molecule has 2 unspecified atom stereocenters. The topological polar surface area (TPSA) is 83.9 Å². The Bertz CT molecular complexity index is 661. The third-order valence-corrected chi connectivity index (χ3v) is 6.20. The zero-order valence-corrected chi connectivity index (χ0v) is 14.0. The summed E-state index contributed by atoms with van der Waals surface area (Å²) in [6.07, 6.45) is -0.832. The van der Waals surface area contributed by atoms with Crippen LogP contribution in [0.5, 0.6) is 0 Å². The van der Waals surface area contributed by atoms with Gasteiger partial charge in [-0.2, -0.15) is 4.31 Å². The number of methoxy groups -OCH3 is 1. The van der Waals surface area contributed by atoms with Crippen molar-refractivity contribution in [3.63, 3.8) is 0 Å². The molecular weight excluding hydrogens is 362 g/mol. The van der Waals surface area contributed by atoms with Crippen molar-refractivity contribution in [1.82, 2.24) is 4.31 Å². The summed E-state index contributed by atoms with van der Waals surface area (Å²) < 4.78 is 31.8. The van der Waals surface area contributed by atoms with Crippen LogP contribution in [0.4, 0.5) is 0 Å². The molecule has 1 N–H and O–H groups in total. The predicted molar refractivity (Wildman–Crippen MR) is 79.2 cm³/mol. The molecule has 0 saturated carbocycles. The van der Waals surface area contributed by atoms with E-state index in [9.17, 15) is 18.3 Å². The summed E-state index contributed by atoms with van der Waals surface area (Å²) in [6.45, 7) is 1.66. The molecule has 1 fully saturated rings. The van der Waals surface area contributed by atoms with E-state index in [1.54, 1.807) is 13.0 Å². The summed E-state index contributed by atoms with van der Waals surface area (Å²) >= 11 is 3.31. The molecule has 1 aliphatic rings. The van der Waals surface area contributed by atoms with Gasteiger partial charge in [0.15, 0.2) is 0 Å². The van der Waals surface area contributed by atoms with E-state index in [2.05, 4.69) is 20.7 Å². The third kappa shape index (κ3) is 3.13. The SMILES string of the molecule is COC(=O)C1CC(O)CN1S(=O)(=O)c1ccc(Br)c(C)c1. The monoisotopic (exact) mass is 377 g/mol. The number of hydrogen-bond acceptors (Lipinski definition) is 5. The number of carbonyl (C=O) groups is 1. The Balaban J connectivity index is 2.41. The molecule has 0 amide bonds. The number of sulfonamides is 1. The smallest absolute Gasteiger partial charge is 0.324 e. The van der Waals surface area contributed by atoms with Gasteiger partial charge in [0.25, 0.3) is 0 Å². The van der Waals surface area contributed by atoms with Gasteiger partial charge in [-0.3, -0.25) is 4.79 Å². The number of aryl methyl sites for hydroxylation is 1.